The van der Waals surface area contributed by atoms with Crippen LogP contribution >= 0.6 is 14.1 Å². The number of hydrazine groups is 1. The first-order chi connectivity index (χ1) is 15.0. The van der Waals surface area contributed by atoms with E-state index in [0.717, 1.165) is 16.4 Å². The van der Waals surface area contributed by atoms with Crippen molar-refractivity contribution in [2.75, 3.05) is 33.2 Å². The van der Waals surface area contributed by atoms with Gasteiger partial charge in [-0.1, -0.05) is 72.5 Å². The van der Waals surface area contributed by atoms with E-state index in [9.17, 15) is 0 Å². The van der Waals surface area contributed by atoms with E-state index in [4.69, 9.17) is 18.2 Å². The minimum absolute atomic E-state index is 0. The normalized spacial score (nSPS) is 22.0. The number of hydrogen-bond acceptors (Lipinski definition) is 3. The number of fused-ring (bicyclic) bond motifs is 1. The zero-order valence-corrected chi connectivity index (χ0v) is 23.2. The standard InChI is InChI=1S/C18H14PS.C7H13N3P.Au/c20-19(16-10-4-1-5-11-16,17-12-6-2-7-13-17)18-14-8-3-9-15-18;1-4-5-10(3)7-11-6-8(2)9(10)11;/h1-14H;1H,5-7H2,2-3H3;/q-1;2*+1/p+1. The van der Waals surface area contributed by atoms with Crippen molar-refractivity contribution in [3.63, 3.8) is 0 Å². The predicted octanol–water partition coefficient (Wildman–Crippen LogP) is 3.44. The second-order valence-electron chi connectivity index (χ2n) is 8.06. The van der Waals surface area contributed by atoms with Crippen LogP contribution in [0.3, 0.4) is 0 Å². The summed E-state index contributed by atoms with van der Waals surface area (Å²) < 4.78 is 0.960. The Bertz CT molecular complexity index is 1000. The predicted molar refractivity (Wildman–Crippen MR) is 139 cm³/mol. The first kappa shape index (κ1) is 25.5. The van der Waals surface area contributed by atoms with Gasteiger partial charge in [-0.15, -0.1) is 16.7 Å². The molecule has 2 aliphatic heterocycles. The van der Waals surface area contributed by atoms with Crippen LogP contribution in [0.25, 0.3) is 0 Å². The summed E-state index contributed by atoms with van der Waals surface area (Å²) >= 11 is 6.18. The van der Waals surface area contributed by atoms with Gasteiger partial charge in [0.2, 0.25) is 14.4 Å². The maximum Gasteiger partial charge on any atom is 1.00 e. The SMILES string of the molecule is C#CC[N+]1(C)C[PH+]2CN(C)N21.S=P(c1[c-]cccc1)(c1ccccc1)c1ccccc1.[Au+]. The summed E-state index contributed by atoms with van der Waals surface area (Å²) in [5.41, 5.74) is 0. The molecule has 0 amide bonds. The van der Waals surface area contributed by atoms with Crippen molar-refractivity contribution in [3.8, 4) is 12.3 Å². The molecule has 7 heteroatoms. The second-order valence-corrected chi connectivity index (χ2v) is 14.6. The van der Waals surface area contributed by atoms with Crippen LogP contribution in [0.2, 0.25) is 0 Å². The van der Waals surface area contributed by atoms with Gasteiger partial charge >= 0.3 is 22.4 Å². The van der Waals surface area contributed by atoms with Crippen LogP contribution in [0.1, 0.15) is 0 Å². The van der Waals surface area contributed by atoms with Gasteiger partial charge in [0.15, 0.2) is 12.8 Å². The Labute approximate surface area is 214 Å². The molecule has 0 aromatic heterocycles. The molecule has 0 N–H and O–H groups in total. The molecule has 0 spiro atoms. The molecule has 3 aromatic carbocycles. The third-order valence-corrected chi connectivity index (χ3v) is 13.8. The number of nitrogens with zero attached hydrogens (tertiary/aromatic N) is 3. The van der Waals surface area contributed by atoms with Crippen molar-refractivity contribution in [2.45, 2.75) is 0 Å². The Morgan fingerprint density at radius 3 is 2.03 bits per heavy atom. The van der Waals surface area contributed by atoms with Crippen LogP contribution in [0.5, 0.6) is 0 Å². The van der Waals surface area contributed by atoms with Crippen molar-refractivity contribution in [3.05, 3.63) is 91.0 Å². The van der Waals surface area contributed by atoms with Gasteiger partial charge in [-0.3, -0.25) is 0 Å². The largest absolute Gasteiger partial charge is 1.00 e. The first-order valence-electron chi connectivity index (χ1n) is 10.3. The maximum absolute atomic E-state index is 6.18. The van der Waals surface area contributed by atoms with Crippen molar-refractivity contribution < 1.29 is 27.0 Å². The zero-order valence-electron chi connectivity index (χ0n) is 18.3. The van der Waals surface area contributed by atoms with Crippen molar-refractivity contribution >= 4 is 41.8 Å². The van der Waals surface area contributed by atoms with Crippen molar-refractivity contribution in [1.29, 1.82) is 0 Å². The molecule has 0 radical (unpaired) electrons. The Balaban J connectivity index is 0.000000204. The van der Waals surface area contributed by atoms with Crippen LogP contribution in [0.4, 0.5) is 0 Å². The van der Waals surface area contributed by atoms with Gasteiger partial charge in [-0.05, 0) is 16.5 Å². The summed E-state index contributed by atoms with van der Waals surface area (Å²) in [4.78, 5) is 2.45. The summed E-state index contributed by atoms with van der Waals surface area (Å²) in [5.74, 6) is 2.74. The van der Waals surface area contributed by atoms with Gasteiger partial charge in [0.05, 0.1) is 11.9 Å². The van der Waals surface area contributed by atoms with Gasteiger partial charge in [-0.2, -0.15) is 34.9 Å². The van der Waals surface area contributed by atoms with Crippen molar-refractivity contribution in [2.24, 2.45) is 0 Å². The van der Waals surface area contributed by atoms with Crippen LogP contribution in [-0.4, -0.2) is 47.7 Å². The smallest absolute Gasteiger partial charge is 0.176 e. The molecule has 3 aromatic rings. The average Bonchev–Trinajstić information content (AvgIpc) is 2.80. The average molecular weight is 662 g/mol. The molecule has 2 aliphatic rings. The molecule has 0 aliphatic carbocycles. The van der Waals surface area contributed by atoms with Gasteiger partial charge in [0.1, 0.15) is 0 Å². The molecule has 0 bridgehead atoms. The van der Waals surface area contributed by atoms with Gasteiger partial charge < -0.3 is 0 Å². The molecule has 5 rings (SSSR count). The molecular formula is C25H28AuN3P2S+2. The summed E-state index contributed by atoms with van der Waals surface area (Å²) in [6, 6.07) is 30.2. The van der Waals surface area contributed by atoms with Crippen LogP contribution in [-0.2, 0) is 34.2 Å². The quantitative estimate of drug-likeness (QED) is 0.139. The molecule has 0 saturated carbocycles. The molecule has 2 saturated heterocycles. The molecule has 3 nitrogen and oxygen atoms in total. The molecule has 32 heavy (non-hydrogen) atoms. The van der Waals surface area contributed by atoms with Gasteiger partial charge in [0.25, 0.3) is 0 Å². The second kappa shape index (κ2) is 10.9. The van der Waals surface area contributed by atoms with Crippen LogP contribution in [0, 0.1) is 18.4 Å². The maximum atomic E-state index is 6.18. The number of hydrogen-bond donors (Lipinski definition) is 0. The minimum atomic E-state index is -2.00. The van der Waals surface area contributed by atoms with Crippen LogP contribution in [0.15, 0.2) is 84.9 Å². The van der Waals surface area contributed by atoms with Crippen LogP contribution < -0.4 is 15.9 Å². The molecule has 168 valence electrons. The number of rotatable bonds is 4. The summed E-state index contributed by atoms with van der Waals surface area (Å²) in [7, 11) is 4.22. The Kier molecular flexibility index (Phi) is 8.70. The third-order valence-electron chi connectivity index (χ3n) is 5.70. The Hall–Kier alpha value is -1.08. The fourth-order valence-electron chi connectivity index (χ4n) is 4.37. The molecule has 2 heterocycles. The van der Waals surface area contributed by atoms with E-state index in [0.29, 0.717) is 0 Å². The van der Waals surface area contributed by atoms with E-state index in [-0.39, 0.29) is 30.5 Å². The van der Waals surface area contributed by atoms with E-state index in [1.165, 1.54) is 23.2 Å². The Morgan fingerprint density at radius 1 is 1.03 bits per heavy atom. The topological polar surface area (TPSA) is 6.48 Å². The molecule has 2 fully saturated rings. The number of terminal acetylenes is 1. The first-order valence-corrected chi connectivity index (χ1v) is 15.0. The molecule has 2 unspecified atom stereocenters. The van der Waals surface area contributed by atoms with E-state index < -0.39 is 6.04 Å². The van der Waals surface area contributed by atoms with E-state index >= 15 is 0 Å². The number of benzene rings is 3. The summed E-state index contributed by atoms with van der Waals surface area (Å²) in [5, 5.41) is 5.83. The van der Waals surface area contributed by atoms with E-state index in [1.54, 1.807) is 0 Å². The van der Waals surface area contributed by atoms with Gasteiger partial charge in [0, 0.05) is 13.1 Å². The Morgan fingerprint density at radius 2 is 1.59 bits per heavy atom. The van der Waals surface area contributed by atoms with Crippen molar-refractivity contribution in [1.82, 2.24) is 9.90 Å². The van der Waals surface area contributed by atoms with Gasteiger partial charge in [-0.25, -0.2) is 0 Å². The summed E-state index contributed by atoms with van der Waals surface area (Å²) in [6.07, 6.45) is 7.93. The fourth-order valence-corrected chi connectivity index (χ4v) is 11.0. The molecule has 2 atom stereocenters. The molecular weight excluding hydrogens is 633 g/mol. The minimum Gasteiger partial charge on any atom is -0.176 e. The zero-order chi connectivity index (χ0) is 21.9. The third kappa shape index (κ3) is 4.89. The summed E-state index contributed by atoms with van der Waals surface area (Å²) in [6.45, 7) is 0.846. The fraction of sp³-hybridized carbons (Fsp3) is 0.200. The monoisotopic (exact) mass is 661 g/mol. The number of quaternary nitrogens is 1. The van der Waals surface area contributed by atoms with E-state index in [2.05, 4.69) is 90.6 Å². The van der Waals surface area contributed by atoms with E-state index in [1.807, 2.05) is 30.3 Å².